The number of carbonyl (C=O) groups is 1. The summed E-state index contributed by atoms with van der Waals surface area (Å²) in [4.78, 5) is 16.6. The Hall–Kier alpha value is -2.54. The summed E-state index contributed by atoms with van der Waals surface area (Å²) in [7, 11) is 1.65. The van der Waals surface area contributed by atoms with Crippen molar-refractivity contribution >= 4 is 23.3 Å². The van der Waals surface area contributed by atoms with Crippen LogP contribution in [0.2, 0.25) is 0 Å². The minimum Gasteiger partial charge on any atom is -0.497 e. The van der Waals surface area contributed by atoms with E-state index in [1.54, 1.807) is 11.6 Å². The van der Waals surface area contributed by atoms with Crippen molar-refractivity contribution in [1.82, 2.24) is 19.9 Å². The molecular weight excluding hydrogens is 348 g/mol. The average molecular weight is 370 g/mol. The number of amides is 1. The fraction of sp³-hybridized carbons (Fsp3) is 0.316. The number of carbonyl (C=O) groups excluding carboxylic acids is 1. The second-order valence-corrected chi connectivity index (χ2v) is 7.26. The number of thioether (sulfide) groups is 1. The van der Waals surface area contributed by atoms with Gasteiger partial charge >= 0.3 is 0 Å². The Bertz CT molecular complexity index is 919. The number of aromatic nitrogens is 3. The average Bonchev–Trinajstić information content (AvgIpc) is 3.03. The van der Waals surface area contributed by atoms with E-state index in [-0.39, 0.29) is 11.9 Å². The molecule has 0 saturated heterocycles. The number of methoxy groups -OCH3 is 1. The summed E-state index contributed by atoms with van der Waals surface area (Å²) < 4.78 is 7.01. The normalized spacial score (nSPS) is 11.1. The first-order valence-electron chi connectivity index (χ1n) is 8.40. The molecule has 0 bridgehead atoms. The Balaban J connectivity index is 1.92. The van der Waals surface area contributed by atoms with Crippen molar-refractivity contribution in [1.29, 1.82) is 0 Å². The van der Waals surface area contributed by atoms with Gasteiger partial charge in [0.25, 0.3) is 0 Å². The zero-order valence-corrected chi connectivity index (χ0v) is 16.1. The number of nitrogens with one attached hydrogen (secondary N) is 1. The van der Waals surface area contributed by atoms with E-state index >= 15 is 0 Å². The number of aryl methyl sites for hydroxylation is 1. The minimum atomic E-state index is 0.00940. The van der Waals surface area contributed by atoms with Crippen LogP contribution in [0, 0.1) is 6.92 Å². The number of ether oxygens (including phenoxy) is 1. The van der Waals surface area contributed by atoms with E-state index < -0.39 is 0 Å². The maximum absolute atomic E-state index is 11.9. The molecule has 0 saturated carbocycles. The Morgan fingerprint density at radius 1 is 1.31 bits per heavy atom. The second kappa shape index (κ2) is 7.78. The quantitative estimate of drug-likeness (QED) is 0.532. The number of hydrogen-bond donors (Lipinski definition) is 1. The topological polar surface area (TPSA) is 68.5 Å². The Morgan fingerprint density at radius 2 is 2.04 bits per heavy atom. The maximum atomic E-state index is 11.9. The van der Waals surface area contributed by atoms with Crippen molar-refractivity contribution in [3.05, 3.63) is 42.2 Å². The lowest BCUT2D eigenvalue weighted by atomic mass is 10.1. The second-order valence-electron chi connectivity index (χ2n) is 6.27. The third-order valence-corrected chi connectivity index (χ3v) is 4.76. The van der Waals surface area contributed by atoms with E-state index in [2.05, 4.69) is 15.4 Å². The van der Waals surface area contributed by atoms with Gasteiger partial charge in [0.05, 0.1) is 19.1 Å². The van der Waals surface area contributed by atoms with Gasteiger partial charge in [-0.05, 0) is 44.5 Å². The summed E-state index contributed by atoms with van der Waals surface area (Å²) in [6, 6.07) is 9.89. The number of rotatable bonds is 6. The molecule has 26 heavy (non-hydrogen) atoms. The van der Waals surface area contributed by atoms with E-state index in [0.717, 1.165) is 33.2 Å². The Morgan fingerprint density at radius 3 is 2.69 bits per heavy atom. The summed E-state index contributed by atoms with van der Waals surface area (Å²) >= 11 is 1.46. The smallest absolute Gasteiger partial charge is 0.230 e. The molecule has 1 N–H and O–H groups in total. The van der Waals surface area contributed by atoms with Gasteiger partial charge in [-0.1, -0.05) is 23.9 Å². The molecule has 1 amide bonds. The van der Waals surface area contributed by atoms with E-state index in [1.165, 1.54) is 11.8 Å². The van der Waals surface area contributed by atoms with E-state index in [9.17, 15) is 4.79 Å². The molecule has 0 atom stereocenters. The SMILES string of the molecule is COc1ccc(-c2cnn3c(SCC(=O)NC(C)C)cc(C)nc23)cc1. The van der Waals surface area contributed by atoms with Crippen LogP contribution in [0.3, 0.4) is 0 Å². The lowest BCUT2D eigenvalue weighted by Gasteiger charge is -2.09. The number of benzene rings is 1. The van der Waals surface area contributed by atoms with Gasteiger partial charge in [-0.15, -0.1) is 0 Å². The van der Waals surface area contributed by atoms with Gasteiger partial charge in [0, 0.05) is 17.3 Å². The van der Waals surface area contributed by atoms with E-state index in [0.29, 0.717) is 5.75 Å². The van der Waals surface area contributed by atoms with Gasteiger partial charge in [0.2, 0.25) is 5.91 Å². The number of hydrogen-bond acceptors (Lipinski definition) is 5. The summed E-state index contributed by atoms with van der Waals surface area (Å²) in [6.07, 6.45) is 1.81. The fourth-order valence-electron chi connectivity index (χ4n) is 2.63. The molecule has 0 aliphatic heterocycles. The van der Waals surface area contributed by atoms with Crippen LogP contribution in [-0.4, -0.2) is 39.4 Å². The van der Waals surface area contributed by atoms with Crippen LogP contribution < -0.4 is 10.1 Å². The molecule has 3 aromatic rings. The molecule has 0 fully saturated rings. The molecule has 0 radical (unpaired) electrons. The third-order valence-electron chi connectivity index (χ3n) is 3.77. The highest BCUT2D eigenvalue weighted by Gasteiger charge is 2.14. The van der Waals surface area contributed by atoms with Crippen LogP contribution in [0.5, 0.6) is 5.75 Å². The predicted octanol–water partition coefficient (Wildman–Crippen LogP) is 3.33. The molecule has 7 heteroatoms. The van der Waals surface area contributed by atoms with Crippen molar-refractivity contribution in [3.63, 3.8) is 0 Å². The van der Waals surface area contributed by atoms with E-state index in [4.69, 9.17) is 4.74 Å². The lowest BCUT2D eigenvalue weighted by molar-refractivity contribution is -0.119. The standard InChI is InChI=1S/C19H22N4O2S/c1-12(2)21-17(24)11-26-18-9-13(3)22-19-16(10-20-23(18)19)14-5-7-15(25-4)8-6-14/h5-10,12H,11H2,1-4H3,(H,21,24). The van der Waals surface area contributed by atoms with Crippen molar-refractivity contribution in [2.24, 2.45) is 0 Å². The van der Waals surface area contributed by atoms with Crippen LogP contribution in [0.15, 0.2) is 41.6 Å². The van der Waals surface area contributed by atoms with Gasteiger partial charge in [-0.25, -0.2) is 9.50 Å². The van der Waals surface area contributed by atoms with Crippen molar-refractivity contribution in [2.75, 3.05) is 12.9 Å². The van der Waals surface area contributed by atoms with Crippen LogP contribution >= 0.6 is 11.8 Å². The molecule has 0 aliphatic rings. The Labute approximate surface area is 157 Å². The summed E-state index contributed by atoms with van der Waals surface area (Å²) in [5, 5.41) is 8.28. The summed E-state index contributed by atoms with van der Waals surface area (Å²) in [5.74, 6) is 1.16. The van der Waals surface area contributed by atoms with Gasteiger partial charge in [-0.2, -0.15) is 5.10 Å². The molecule has 2 heterocycles. The largest absolute Gasteiger partial charge is 0.497 e. The molecular formula is C19H22N4O2S. The number of fused-ring (bicyclic) bond motifs is 1. The van der Waals surface area contributed by atoms with Gasteiger partial charge in [0.1, 0.15) is 10.8 Å². The molecule has 6 nitrogen and oxygen atoms in total. The lowest BCUT2D eigenvalue weighted by Crippen LogP contribution is -2.31. The molecule has 2 aromatic heterocycles. The summed E-state index contributed by atoms with van der Waals surface area (Å²) in [5.41, 5.74) is 3.64. The molecule has 0 unspecified atom stereocenters. The van der Waals surface area contributed by atoms with Crippen LogP contribution in [0.25, 0.3) is 16.8 Å². The molecule has 3 rings (SSSR count). The van der Waals surface area contributed by atoms with Crippen LogP contribution in [0.1, 0.15) is 19.5 Å². The van der Waals surface area contributed by atoms with E-state index in [1.807, 2.05) is 57.3 Å². The van der Waals surface area contributed by atoms with Crippen molar-refractivity contribution in [3.8, 4) is 16.9 Å². The van der Waals surface area contributed by atoms with Crippen LogP contribution in [0.4, 0.5) is 0 Å². The first-order valence-corrected chi connectivity index (χ1v) is 9.38. The minimum absolute atomic E-state index is 0.00940. The molecule has 136 valence electrons. The molecule has 1 aromatic carbocycles. The molecule has 0 aliphatic carbocycles. The number of nitrogens with zero attached hydrogens (tertiary/aromatic N) is 3. The van der Waals surface area contributed by atoms with Crippen LogP contribution in [-0.2, 0) is 4.79 Å². The zero-order chi connectivity index (χ0) is 18.7. The highest BCUT2D eigenvalue weighted by atomic mass is 32.2. The monoisotopic (exact) mass is 370 g/mol. The maximum Gasteiger partial charge on any atom is 0.230 e. The Kier molecular flexibility index (Phi) is 5.46. The predicted molar refractivity (Wildman–Crippen MR) is 104 cm³/mol. The fourth-order valence-corrected chi connectivity index (χ4v) is 3.50. The first-order chi connectivity index (χ1) is 12.5. The molecule has 0 spiro atoms. The van der Waals surface area contributed by atoms with Gasteiger partial charge in [-0.3, -0.25) is 4.79 Å². The summed E-state index contributed by atoms with van der Waals surface area (Å²) in [6.45, 7) is 5.85. The highest BCUT2D eigenvalue weighted by molar-refractivity contribution is 7.99. The van der Waals surface area contributed by atoms with Gasteiger partial charge < -0.3 is 10.1 Å². The van der Waals surface area contributed by atoms with Crippen molar-refractivity contribution < 1.29 is 9.53 Å². The van der Waals surface area contributed by atoms with Gasteiger partial charge in [0.15, 0.2) is 5.65 Å². The first kappa shape index (κ1) is 18.3. The highest BCUT2D eigenvalue weighted by Crippen LogP contribution is 2.28. The zero-order valence-electron chi connectivity index (χ0n) is 15.3. The van der Waals surface area contributed by atoms with Crippen molar-refractivity contribution in [2.45, 2.75) is 31.8 Å². The third kappa shape index (κ3) is 3.99.